The molecule has 4 rings (SSSR count). The van der Waals surface area contributed by atoms with Crippen LogP contribution >= 0.6 is 0 Å². The molecule has 1 atom stereocenters. The Balaban J connectivity index is 1.62. The van der Waals surface area contributed by atoms with Crippen molar-refractivity contribution in [2.75, 3.05) is 27.4 Å². The highest BCUT2D eigenvalue weighted by Crippen LogP contribution is 2.33. The zero-order chi connectivity index (χ0) is 19.3. The van der Waals surface area contributed by atoms with Gasteiger partial charge in [0.05, 0.1) is 19.6 Å². The molecule has 0 N–H and O–H groups in total. The number of methoxy groups -OCH3 is 2. The average molecular weight is 377 g/mol. The molecule has 1 aromatic heterocycles. The molecule has 0 bridgehead atoms. The Labute approximate surface area is 166 Å². The maximum Gasteiger partial charge on any atom is 0.119 e. The highest BCUT2D eigenvalue weighted by molar-refractivity contribution is 5.37. The SMILES string of the molecule is COCCn1ccnc1C1CN(Cc2cccc(OC)c2)Cc2ccccc21. The second kappa shape index (κ2) is 8.59. The Bertz CT molecular complexity index is 921. The van der Waals surface area contributed by atoms with Gasteiger partial charge < -0.3 is 14.0 Å². The normalized spacial score (nSPS) is 16.7. The average Bonchev–Trinajstić information content (AvgIpc) is 3.20. The number of aromatic nitrogens is 2. The molecule has 1 aliphatic rings. The molecular weight excluding hydrogens is 350 g/mol. The number of hydrogen-bond donors (Lipinski definition) is 0. The first-order valence-electron chi connectivity index (χ1n) is 9.71. The van der Waals surface area contributed by atoms with E-state index in [9.17, 15) is 0 Å². The molecule has 3 aromatic rings. The first-order chi connectivity index (χ1) is 13.8. The lowest BCUT2D eigenvalue weighted by molar-refractivity contribution is 0.184. The lowest BCUT2D eigenvalue weighted by Gasteiger charge is -2.34. The van der Waals surface area contributed by atoms with E-state index in [2.05, 4.69) is 58.1 Å². The molecule has 1 unspecified atom stereocenters. The van der Waals surface area contributed by atoms with E-state index in [0.29, 0.717) is 6.61 Å². The third-order valence-corrected chi connectivity index (χ3v) is 5.40. The van der Waals surface area contributed by atoms with Crippen LogP contribution in [0.1, 0.15) is 28.4 Å². The molecule has 0 fully saturated rings. The number of benzene rings is 2. The van der Waals surface area contributed by atoms with Crippen molar-refractivity contribution in [3.8, 4) is 5.75 Å². The van der Waals surface area contributed by atoms with Gasteiger partial charge in [0.1, 0.15) is 11.6 Å². The summed E-state index contributed by atoms with van der Waals surface area (Å²) >= 11 is 0. The van der Waals surface area contributed by atoms with Gasteiger partial charge in [-0.2, -0.15) is 0 Å². The van der Waals surface area contributed by atoms with E-state index in [1.54, 1.807) is 14.2 Å². The van der Waals surface area contributed by atoms with Crippen molar-refractivity contribution >= 4 is 0 Å². The summed E-state index contributed by atoms with van der Waals surface area (Å²) in [6.45, 7) is 4.29. The first-order valence-corrected chi connectivity index (χ1v) is 9.71. The standard InChI is InChI=1S/C23H27N3O2/c1-27-13-12-26-11-10-24-23(26)22-17-25(16-19-7-3-4-9-21(19)22)15-18-6-5-8-20(14-18)28-2/h3-11,14,22H,12-13,15-17H2,1-2H3. The van der Waals surface area contributed by atoms with E-state index in [1.807, 2.05) is 12.3 Å². The molecule has 5 heteroatoms. The van der Waals surface area contributed by atoms with Crippen LogP contribution in [0, 0.1) is 0 Å². The van der Waals surface area contributed by atoms with Gasteiger partial charge in [0.15, 0.2) is 0 Å². The summed E-state index contributed by atoms with van der Waals surface area (Å²) < 4.78 is 12.9. The number of rotatable bonds is 7. The molecule has 1 aliphatic heterocycles. The largest absolute Gasteiger partial charge is 0.497 e. The first kappa shape index (κ1) is 18.7. The van der Waals surface area contributed by atoms with Crippen molar-refractivity contribution < 1.29 is 9.47 Å². The fourth-order valence-corrected chi connectivity index (χ4v) is 4.06. The van der Waals surface area contributed by atoms with Crippen LogP contribution in [0.5, 0.6) is 5.75 Å². The van der Waals surface area contributed by atoms with E-state index in [-0.39, 0.29) is 5.92 Å². The van der Waals surface area contributed by atoms with Crippen LogP contribution in [0.3, 0.4) is 0 Å². The van der Waals surface area contributed by atoms with Gasteiger partial charge in [0.25, 0.3) is 0 Å². The summed E-state index contributed by atoms with van der Waals surface area (Å²) in [5.74, 6) is 2.27. The summed E-state index contributed by atoms with van der Waals surface area (Å²) in [5.41, 5.74) is 4.03. The summed E-state index contributed by atoms with van der Waals surface area (Å²) in [6, 6.07) is 17.1. The zero-order valence-corrected chi connectivity index (χ0v) is 16.5. The van der Waals surface area contributed by atoms with E-state index in [1.165, 1.54) is 16.7 Å². The van der Waals surface area contributed by atoms with Gasteiger partial charge in [-0.3, -0.25) is 4.90 Å². The van der Waals surface area contributed by atoms with Crippen LogP contribution in [0.4, 0.5) is 0 Å². The van der Waals surface area contributed by atoms with E-state index in [4.69, 9.17) is 14.5 Å². The minimum atomic E-state index is 0.252. The molecule has 2 heterocycles. The molecule has 5 nitrogen and oxygen atoms in total. The number of ether oxygens (including phenoxy) is 2. The highest BCUT2D eigenvalue weighted by atomic mass is 16.5. The van der Waals surface area contributed by atoms with Crippen LogP contribution in [0.2, 0.25) is 0 Å². The third-order valence-electron chi connectivity index (χ3n) is 5.40. The van der Waals surface area contributed by atoms with Crippen molar-refractivity contribution in [1.82, 2.24) is 14.5 Å². The molecule has 28 heavy (non-hydrogen) atoms. The molecule has 0 radical (unpaired) electrons. The monoisotopic (exact) mass is 377 g/mol. The number of nitrogens with zero attached hydrogens (tertiary/aromatic N) is 3. The van der Waals surface area contributed by atoms with Crippen molar-refractivity contribution in [2.45, 2.75) is 25.6 Å². The van der Waals surface area contributed by atoms with Gasteiger partial charge in [-0.15, -0.1) is 0 Å². The zero-order valence-electron chi connectivity index (χ0n) is 16.5. The molecule has 0 spiro atoms. The van der Waals surface area contributed by atoms with E-state index >= 15 is 0 Å². The molecule has 2 aromatic carbocycles. The predicted octanol–water partition coefficient (Wildman–Crippen LogP) is 3.69. The minimum absolute atomic E-state index is 0.252. The third kappa shape index (κ3) is 3.96. The van der Waals surface area contributed by atoms with E-state index < -0.39 is 0 Å². The molecular formula is C23H27N3O2. The van der Waals surface area contributed by atoms with Gasteiger partial charge in [0.2, 0.25) is 0 Å². The van der Waals surface area contributed by atoms with E-state index in [0.717, 1.165) is 37.8 Å². The van der Waals surface area contributed by atoms with Gasteiger partial charge in [0, 0.05) is 45.7 Å². The summed E-state index contributed by atoms with van der Waals surface area (Å²) in [6.07, 6.45) is 3.95. The van der Waals surface area contributed by atoms with Crippen molar-refractivity contribution in [3.05, 3.63) is 83.4 Å². The smallest absolute Gasteiger partial charge is 0.119 e. The quantitative estimate of drug-likeness (QED) is 0.630. The van der Waals surface area contributed by atoms with Crippen LogP contribution in [-0.2, 0) is 24.4 Å². The lowest BCUT2D eigenvalue weighted by atomic mass is 9.88. The number of fused-ring (bicyclic) bond motifs is 1. The summed E-state index contributed by atoms with van der Waals surface area (Å²) in [7, 11) is 3.45. The summed E-state index contributed by atoms with van der Waals surface area (Å²) in [4.78, 5) is 7.22. The van der Waals surface area contributed by atoms with Crippen molar-refractivity contribution in [2.24, 2.45) is 0 Å². The topological polar surface area (TPSA) is 39.5 Å². The predicted molar refractivity (Wildman–Crippen MR) is 109 cm³/mol. The van der Waals surface area contributed by atoms with Crippen LogP contribution in [0.25, 0.3) is 0 Å². The number of imidazole rings is 1. The van der Waals surface area contributed by atoms with Gasteiger partial charge >= 0.3 is 0 Å². The van der Waals surface area contributed by atoms with Crippen LogP contribution in [-0.4, -0.2) is 41.8 Å². The summed E-state index contributed by atoms with van der Waals surface area (Å²) in [5, 5.41) is 0. The van der Waals surface area contributed by atoms with Crippen LogP contribution < -0.4 is 4.74 Å². The van der Waals surface area contributed by atoms with Crippen molar-refractivity contribution in [1.29, 1.82) is 0 Å². The lowest BCUT2D eigenvalue weighted by Crippen LogP contribution is -2.35. The Kier molecular flexibility index (Phi) is 5.74. The highest BCUT2D eigenvalue weighted by Gasteiger charge is 2.29. The van der Waals surface area contributed by atoms with Crippen molar-refractivity contribution in [3.63, 3.8) is 0 Å². The Hall–Kier alpha value is -2.63. The Morgan fingerprint density at radius 2 is 2.00 bits per heavy atom. The second-order valence-electron chi connectivity index (χ2n) is 7.24. The fourth-order valence-electron chi connectivity index (χ4n) is 4.06. The van der Waals surface area contributed by atoms with Gasteiger partial charge in [-0.1, -0.05) is 36.4 Å². The minimum Gasteiger partial charge on any atom is -0.497 e. The fraction of sp³-hybridized carbons (Fsp3) is 0.348. The molecule has 146 valence electrons. The second-order valence-corrected chi connectivity index (χ2v) is 7.24. The Morgan fingerprint density at radius 1 is 1.11 bits per heavy atom. The van der Waals surface area contributed by atoms with Gasteiger partial charge in [-0.25, -0.2) is 4.98 Å². The molecule has 0 aliphatic carbocycles. The van der Waals surface area contributed by atoms with Gasteiger partial charge in [-0.05, 0) is 28.8 Å². The maximum absolute atomic E-state index is 5.39. The molecule has 0 saturated carbocycles. The maximum atomic E-state index is 5.39. The Morgan fingerprint density at radius 3 is 2.86 bits per heavy atom. The van der Waals surface area contributed by atoms with Crippen LogP contribution in [0.15, 0.2) is 60.9 Å². The molecule has 0 amide bonds. The number of hydrogen-bond acceptors (Lipinski definition) is 4. The molecule has 0 saturated heterocycles.